The number of rotatable bonds is 5. The molecule has 2 heteroatoms. The molecule has 100 valence electrons. The highest BCUT2D eigenvalue weighted by Crippen LogP contribution is 2.42. The third kappa shape index (κ3) is 2.65. The van der Waals surface area contributed by atoms with E-state index in [4.69, 9.17) is 0 Å². The van der Waals surface area contributed by atoms with Crippen LogP contribution in [0.15, 0.2) is 42.5 Å². The van der Waals surface area contributed by atoms with Crippen LogP contribution in [0.1, 0.15) is 24.8 Å². The fourth-order valence-corrected chi connectivity index (χ4v) is 3.84. The monoisotopic (exact) mass is 271 g/mol. The van der Waals surface area contributed by atoms with Crippen LogP contribution in [0.5, 0.6) is 0 Å². The molecule has 0 bridgehead atoms. The molecule has 0 amide bonds. The molecular weight excluding hydrogens is 250 g/mol. The molecule has 0 saturated heterocycles. The predicted octanol–water partition coefficient (Wildman–Crippen LogP) is 4.22. The molecule has 1 aliphatic carbocycles. The minimum Gasteiger partial charge on any atom is -0.311 e. The molecule has 0 spiro atoms. The minimum atomic E-state index is 0.518. The van der Waals surface area contributed by atoms with E-state index in [1.54, 1.807) is 0 Å². The zero-order valence-corrected chi connectivity index (χ0v) is 12.3. The highest BCUT2D eigenvalue weighted by molar-refractivity contribution is 8.00. The first-order valence-corrected chi connectivity index (χ1v) is 8.28. The lowest BCUT2D eigenvalue weighted by molar-refractivity contribution is 0.345. The van der Waals surface area contributed by atoms with Gasteiger partial charge in [-0.1, -0.05) is 48.9 Å². The first-order valence-electron chi connectivity index (χ1n) is 7.06. The van der Waals surface area contributed by atoms with Gasteiger partial charge in [0.05, 0.1) is 0 Å². The number of nitrogens with one attached hydrogen (secondary N) is 1. The van der Waals surface area contributed by atoms with Gasteiger partial charge < -0.3 is 5.32 Å². The zero-order valence-electron chi connectivity index (χ0n) is 11.5. The van der Waals surface area contributed by atoms with Crippen LogP contribution in [-0.4, -0.2) is 17.5 Å². The topological polar surface area (TPSA) is 12.0 Å². The molecule has 1 aliphatic rings. The van der Waals surface area contributed by atoms with Crippen molar-refractivity contribution in [1.82, 2.24) is 5.32 Å². The van der Waals surface area contributed by atoms with E-state index in [9.17, 15) is 0 Å². The Morgan fingerprint density at radius 2 is 1.89 bits per heavy atom. The largest absolute Gasteiger partial charge is 0.311 e. The molecule has 2 aromatic rings. The van der Waals surface area contributed by atoms with E-state index >= 15 is 0 Å². The minimum absolute atomic E-state index is 0.518. The molecular formula is C17H21NS. The lowest BCUT2D eigenvalue weighted by atomic mass is 9.84. The van der Waals surface area contributed by atoms with Gasteiger partial charge in [-0.3, -0.25) is 0 Å². The van der Waals surface area contributed by atoms with E-state index in [0.29, 0.717) is 4.75 Å². The Hall–Kier alpha value is -0.990. The van der Waals surface area contributed by atoms with Gasteiger partial charge >= 0.3 is 0 Å². The van der Waals surface area contributed by atoms with Gasteiger partial charge in [0.25, 0.3) is 0 Å². The summed E-state index contributed by atoms with van der Waals surface area (Å²) in [6, 6.07) is 15.2. The molecule has 1 nitrogen and oxygen atoms in total. The van der Waals surface area contributed by atoms with Crippen molar-refractivity contribution in [3.05, 3.63) is 48.0 Å². The van der Waals surface area contributed by atoms with Gasteiger partial charge in [0.2, 0.25) is 0 Å². The Morgan fingerprint density at radius 3 is 2.63 bits per heavy atom. The number of hydrogen-bond acceptors (Lipinski definition) is 2. The molecule has 1 saturated carbocycles. The quantitative estimate of drug-likeness (QED) is 0.874. The SMILES string of the molecule is CSC1(CNCc2cccc3ccccc23)CCC1. The first-order chi connectivity index (χ1) is 9.33. The number of hydrogen-bond donors (Lipinski definition) is 1. The fourth-order valence-electron chi connectivity index (χ4n) is 2.90. The van der Waals surface area contributed by atoms with Crippen LogP contribution in [0.3, 0.4) is 0 Å². The number of thioether (sulfide) groups is 1. The molecule has 0 heterocycles. The van der Waals surface area contributed by atoms with E-state index in [-0.39, 0.29) is 0 Å². The zero-order chi connectivity index (χ0) is 13.1. The average Bonchev–Trinajstić information content (AvgIpc) is 2.42. The van der Waals surface area contributed by atoms with Crippen LogP contribution in [-0.2, 0) is 6.54 Å². The van der Waals surface area contributed by atoms with E-state index in [2.05, 4.69) is 54.0 Å². The van der Waals surface area contributed by atoms with E-state index in [1.807, 2.05) is 11.8 Å². The van der Waals surface area contributed by atoms with Crippen molar-refractivity contribution in [1.29, 1.82) is 0 Å². The van der Waals surface area contributed by atoms with Crippen LogP contribution in [0, 0.1) is 0 Å². The molecule has 2 aromatic carbocycles. The Labute approximate surface area is 119 Å². The number of fused-ring (bicyclic) bond motifs is 1. The highest BCUT2D eigenvalue weighted by atomic mass is 32.2. The average molecular weight is 271 g/mol. The van der Waals surface area contributed by atoms with Crippen molar-refractivity contribution in [3.8, 4) is 0 Å². The van der Waals surface area contributed by atoms with Crippen LogP contribution >= 0.6 is 11.8 Å². The van der Waals surface area contributed by atoms with Crippen molar-refractivity contribution >= 4 is 22.5 Å². The number of benzene rings is 2. The van der Waals surface area contributed by atoms with Gasteiger partial charge in [-0.05, 0) is 35.4 Å². The van der Waals surface area contributed by atoms with Gasteiger partial charge in [-0.25, -0.2) is 0 Å². The van der Waals surface area contributed by atoms with Crippen LogP contribution in [0.25, 0.3) is 10.8 Å². The lowest BCUT2D eigenvalue weighted by Gasteiger charge is -2.40. The molecule has 3 rings (SSSR count). The summed E-state index contributed by atoms with van der Waals surface area (Å²) in [5.74, 6) is 0. The van der Waals surface area contributed by atoms with Gasteiger partial charge in [-0.2, -0.15) is 11.8 Å². The molecule has 0 unspecified atom stereocenters. The van der Waals surface area contributed by atoms with Gasteiger partial charge in [-0.15, -0.1) is 0 Å². The summed E-state index contributed by atoms with van der Waals surface area (Å²) >= 11 is 2.04. The van der Waals surface area contributed by atoms with E-state index in [1.165, 1.54) is 35.6 Å². The van der Waals surface area contributed by atoms with Gasteiger partial charge in [0.15, 0.2) is 0 Å². The summed E-state index contributed by atoms with van der Waals surface area (Å²) in [4.78, 5) is 0. The lowest BCUT2D eigenvalue weighted by Crippen LogP contribution is -2.43. The third-order valence-corrected chi connectivity index (χ3v) is 5.76. The van der Waals surface area contributed by atoms with Crippen LogP contribution in [0.4, 0.5) is 0 Å². The second-order valence-corrected chi connectivity index (χ2v) is 6.76. The summed E-state index contributed by atoms with van der Waals surface area (Å²) < 4.78 is 0.518. The summed E-state index contributed by atoms with van der Waals surface area (Å²) in [6.45, 7) is 2.11. The van der Waals surface area contributed by atoms with E-state index < -0.39 is 0 Å². The Balaban J connectivity index is 1.68. The molecule has 0 atom stereocenters. The maximum atomic E-state index is 3.67. The third-order valence-electron chi connectivity index (χ3n) is 4.34. The van der Waals surface area contributed by atoms with E-state index in [0.717, 1.165) is 13.1 Å². The second-order valence-electron chi connectivity index (χ2n) is 5.48. The summed E-state index contributed by atoms with van der Waals surface area (Å²) in [5, 5.41) is 6.38. The summed E-state index contributed by atoms with van der Waals surface area (Å²) in [7, 11) is 0. The molecule has 19 heavy (non-hydrogen) atoms. The maximum absolute atomic E-state index is 3.67. The Morgan fingerprint density at radius 1 is 1.11 bits per heavy atom. The first kappa shape index (κ1) is 13.0. The standard InChI is InChI=1S/C17H21NS/c1-19-17(10-5-11-17)13-18-12-15-8-4-7-14-6-2-3-9-16(14)15/h2-4,6-9,18H,5,10-13H2,1H3. The van der Waals surface area contributed by atoms with Gasteiger partial charge in [0, 0.05) is 17.8 Å². The van der Waals surface area contributed by atoms with Crippen molar-refractivity contribution < 1.29 is 0 Å². The van der Waals surface area contributed by atoms with Crippen LogP contribution < -0.4 is 5.32 Å². The van der Waals surface area contributed by atoms with Gasteiger partial charge in [0.1, 0.15) is 0 Å². The smallest absolute Gasteiger partial charge is 0.0281 e. The molecule has 1 N–H and O–H groups in total. The molecule has 0 radical (unpaired) electrons. The molecule has 0 aliphatic heterocycles. The summed E-state index contributed by atoms with van der Waals surface area (Å²) in [6.07, 6.45) is 6.39. The van der Waals surface area contributed by atoms with Crippen LogP contribution in [0.2, 0.25) is 0 Å². The van der Waals surface area contributed by atoms with Crippen molar-refractivity contribution in [2.24, 2.45) is 0 Å². The van der Waals surface area contributed by atoms with Crippen molar-refractivity contribution in [2.45, 2.75) is 30.6 Å². The summed E-state index contributed by atoms with van der Waals surface area (Å²) in [5.41, 5.74) is 1.41. The predicted molar refractivity (Wildman–Crippen MR) is 85.8 cm³/mol. The Bertz CT molecular complexity index is 549. The highest BCUT2D eigenvalue weighted by Gasteiger charge is 2.35. The Kier molecular flexibility index (Phi) is 3.81. The second kappa shape index (κ2) is 5.56. The molecule has 0 aromatic heterocycles. The van der Waals surface area contributed by atoms with Crippen molar-refractivity contribution in [3.63, 3.8) is 0 Å². The maximum Gasteiger partial charge on any atom is 0.0281 e. The fraction of sp³-hybridized carbons (Fsp3) is 0.412. The van der Waals surface area contributed by atoms with Crippen molar-refractivity contribution in [2.75, 3.05) is 12.8 Å². The normalized spacial score (nSPS) is 17.3. The molecule has 1 fully saturated rings.